The summed E-state index contributed by atoms with van der Waals surface area (Å²) in [6, 6.07) is 0. The molecule has 0 aliphatic heterocycles. The van der Waals surface area contributed by atoms with E-state index in [0.29, 0.717) is 0 Å². The van der Waals surface area contributed by atoms with Crippen molar-refractivity contribution in [1.29, 1.82) is 0 Å². The van der Waals surface area contributed by atoms with Gasteiger partial charge in [-0.15, -0.1) is 24.8 Å². The van der Waals surface area contributed by atoms with Crippen molar-refractivity contribution in [3.63, 3.8) is 0 Å². The molecule has 1 N–H and O–H groups in total. The van der Waals surface area contributed by atoms with Crippen molar-refractivity contribution in [2.75, 3.05) is 6.61 Å². The van der Waals surface area contributed by atoms with E-state index < -0.39 is 0 Å². The van der Waals surface area contributed by atoms with Crippen molar-refractivity contribution in [2.45, 2.75) is 6.42 Å². The van der Waals surface area contributed by atoms with Gasteiger partial charge in [-0.2, -0.15) is 0 Å². The molecule has 1 aliphatic carbocycles. The smallest absolute Gasteiger partial charge is 0.0647 e. The van der Waals surface area contributed by atoms with E-state index in [1.807, 2.05) is 18.2 Å². The van der Waals surface area contributed by atoms with Crippen molar-refractivity contribution < 1.29 is 30.9 Å². The van der Waals surface area contributed by atoms with E-state index in [9.17, 15) is 0 Å². The van der Waals surface area contributed by atoms with Gasteiger partial charge in [0.05, 0.1) is 6.61 Å². The summed E-state index contributed by atoms with van der Waals surface area (Å²) in [5, 5.41) is 8.46. The Balaban J connectivity index is -0.000000163. The van der Waals surface area contributed by atoms with Gasteiger partial charge in [0.1, 0.15) is 0 Å². The third-order valence-corrected chi connectivity index (χ3v) is 1.05. The molecule has 0 atom stereocenters. The van der Waals surface area contributed by atoms with Crippen LogP contribution in [0.4, 0.5) is 0 Å². The predicted octanol–water partition coefficient (Wildman–Crippen LogP) is 1.71. The van der Waals surface area contributed by atoms with E-state index in [-0.39, 0.29) is 57.3 Å². The van der Waals surface area contributed by atoms with Gasteiger partial charge in [0.25, 0.3) is 0 Å². The molecule has 10 heavy (non-hydrogen) atoms. The molecule has 0 fully saturated rings. The molecule has 1 rings (SSSR count). The second-order valence-corrected chi connectivity index (χ2v) is 1.62. The van der Waals surface area contributed by atoms with Gasteiger partial charge < -0.3 is 5.11 Å². The molecule has 1 nitrogen and oxygen atoms in total. The molecule has 0 spiro atoms. The van der Waals surface area contributed by atoms with E-state index in [1.54, 1.807) is 0 Å². The molecule has 0 unspecified atom stereocenters. The molecule has 58 valence electrons. The first kappa shape index (κ1) is 17.1. The molecule has 1 aliphatic rings. The minimum absolute atomic E-state index is 0. The van der Waals surface area contributed by atoms with Gasteiger partial charge in [-0.1, -0.05) is 18.2 Å². The summed E-state index contributed by atoms with van der Waals surface area (Å²) in [7, 11) is 0. The Morgan fingerprint density at radius 3 is 2.20 bits per heavy atom. The van der Waals surface area contributed by atoms with Crippen LogP contribution in [0, 0.1) is 0 Å². The van der Waals surface area contributed by atoms with Crippen LogP contribution in [0.1, 0.15) is 6.42 Å². The molecule has 0 saturated heterocycles. The molecule has 0 radical (unpaired) electrons. The van der Waals surface area contributed by atoms with Crippen molar-refractivity contribution in [3.05, 3.63) is 23.8 Å². The first-order valence-corrected chi connectivity index (χ1v) is 2.39. The fourth-order valence-corrected chi connectivity index (χ4v) is 0.609. The zero-order chi connectivity index (χ0) is 5.11. The Morgan fingerprint density at radius 2 is 2.00 bits per heavy atom. The number of allylic oxidation sites excluding steroid dienone is 3. The maximum Gasteiger partial charge on any atom is 0.0647 e. The Morgan fingerprint density at radius 1 is 1.40 bits per heavy atom. The van der Waals surface area contributed by atoms with Crippen LogP contribution in [0.3, 0.4) is 0 Å². The largest absolute Gasteiger partial charge is 0.392 e. The first-order valence-electron chi connectivity index (χ1n) is 2.39. The Hall–Kier alpha value is 0.890. The molecule has 0 bridgehead atoms. The third kappa shape index (κ3) is 5.66. The van der Waals surface area contributed by atoms with Crippen LogP contribution < -0.4 is 0 Å². The third-order valence-electron chi connectivity index (χ3n) is 1.05. The van der Waals surface area contributed by atoms with Crippen molar-refractivity contribution in [1.82, 2.24) is 0 Å². The summed E-state index contributed by atoms with van der Waals surface area (Å²) < 4.78 is 0. The molecule has 0 aromatic heterocycles. The van der Waals surface area contributed by atoms with Crippen LogP contribution in [0.15, 0.2) is 23.8 Å². The summed E-state index contributed by atoms with van der Waals surface area (Å²) in [5.74, 6) is 0. The van der Waals surface area contributed by atoms with Crippen molar-refractivity contribution >= 4 is 24.8 Å². The Bertz CT molecular complexity index is 123. The first-order chi connectivity index (χ1) is 3.43. The number of hydrogen-bond donors (Lipinski definition) is 1. The second kappa shape index (κ2) is 9.89. The Labute approximate surface area is 92.2 Å². The number of aliphatic hydroxyl groups is 1. The predicted molar refractivity (Wildman–Crippen MR) is 43.4 cm³/mol. The van der Waals surface area contributed by atoms with Gasteiger partial charge >= 0.3 is 0 Å². The minimum Gasteiger partial charge on any atom is -0.392 e. The zero-order valence-corrected chi connectivity index (χ0v) is 10.6. The van der Waals surface area contributed by atoms with Gasteiger partial charge in [0, 0.05) is 25.8 Å². The summed E-state index contributed by atoms with van der Waals surface area (Å²) in [4.78, 5) is 0. The van der Waals surface area contributed by atoms with Crippen LogP contribution >= 0.6 is 24.8 Å². The molecule has 0 amide bonds. The average Bonchev–Trinajstić information content (AvgIpc) is 2.14. The standard InChI is InChI=1S/C6H8O.2ClH.Hf/c7-5-6-3-1-2-4-6;;;/h1-3,7H,4-5H2;2*1H;. The molecule has 0 aromatic rings. The topological polar surface area (TPSA) is 20.2 Å². The van der Waals surface area contributed by atoms with E-state index in [0.717, 1.165) is 12.0 Å². The van der Waals surface area contributed by atoms with Crippen molar-refractivity contribution in [3.8, 4) is 0 Å². The zero-order valence-electron chi connectivity index (χ0n) is 5.41. The van der Waals surface area contributed by atoms with Crippen LogP contribution in [0.2, 0.25) is 0 Å². The van der Waals surface area contributed by atoms with Gasteiger partial charge in [0.15, 0.2) is 0 Å². The minimum atomic E-state index is 0. The Kier molecular flexibility index (Phi) is 16.9. The molecular formula is C6H10Cl2HfO. The number of halogens is 2. The second-order valence-electron chi connectivity index (χ2n) is 1.62. The fraction of sp³-hybridized carbons (Fsp3) is 0.333. The van der Waals surface area contributed by atoms with Crippen LogP contribution in [-0.4, -0.2) is 11.7 Å². The van der Waals surface area contributed by atoms with E-state index in [4.69, 9.17) is 5.11 Å². The van der Waals surface area contributed by atoms with E-state index in [2.05, 4.69) is 0 Å². The number of aliphatic hydroxyl groups excluding tert-OH is 1. The maximum atomic E-state index is 8.46. The van der Waals surface area contributed by atoms with Gasteiger partial charge in [-0.05, 0) is 12.0 Å². The van der Waals surface area contributed by atoms with Crippen molar-refractivity contribution in [2.24, 2.45) is 0 Å². The van der Waals surface area contributed by atoms with E-state index >= 15 is 0 Å². The van der Waals surface area contributed by atoms with Crippen LogP contribution in [0.25, 0.3) is 0 Å². The number of hydrogen-bond acceptors (Lipinski definition) is 1. The monoisotopic (exact) mass is 348 g/mol. The van der Waals surface area contributed by atoms with Crippen LogP contribution in [0.5, 0.6) is 0 Å². The van der Waals surface area contributed by atoms with Gasteiger partial charge in [-0.3, -0.25) is 0 Å². The molecular weight excluding hydrogens is 337 g/mol. The van der Waals surface area contributed by atoms with E-state index in [1.165, 1.54) is 0 Å². The van der Waals surface area contributed by atoms with Crippen LogP contribution in [-0.2, 0) is 25.8 Å². The fourth-order valence-electron chi connectivity index (χ4n) is 0.609. The summed E-state index contributed by atoms with van der Waals surface area (Å²) in [5.41, 5.74) is 1.11. The maximum absolute atomic E-state index is 8.46. The normalized spacial score (nSPS) is 12.3. The molecule has 4 heteroatoms. The molecule has 0 aromatic carbocycles. The summed E-state index contributed by atoms with van der Waals surface area (Å²) >= 11 is 0. The summed E-state index contributed by atoms with van der Waals surface area (Å²) in [6.45, 7) is 0.215. The van der Waals surface area contributed by atoms with Gasteiger partial charge in [-0.25, -0.2) is 0 Å². The SMILES string of the molecule is Cl.Cl.OCC1=CC=CC1.[Hf]. The molecule has 0 heterocycles. The summed E-state index contributed by atoms with van der Waals surface area (Å²) in [6.07, 6.45) is 6.88. The quantitative estimate of drug-likeness (QED) is 0.716. The average molecular weight is 348 g/mol. The van der Waals surface area contributed by atoms with Gasteiger partial charge in [0.2, 0.25) is 0 Å². The number of rotatable bonds is 1. The molecule has 0 saturated carbocycles.